The van der Waals surface area contributed by atoms with E-state index in [1.165, 1.54) is 17.4 Å². The number of aryl methyl sites for hydroxylation is 1. The topological polar surface area (TPSA) is 76.3 Å². The molecule has 1 saturated heterocycles. The quantitative estimate of drug-likeness (QED) is 0.412. The van der Waals surface area contributed by atoms with E-state index in [1.807, 2.05) is 54.3 Å². The Morgan fingerprint density at radius 3 is 2.54 bits per heavy atom. The summed E-state index contributed by atoms with van der Waals surface area (Å²) in [7, 11) is 0. The Morgan fingerprint density at radius 2 is 1.77 bits per heavy atom. The highest BCUT2D eigenvalue weighted by atomic mass is 32.2. The number of amides is 1. The highest BCUT2D eigenvalue weighted by Gasteiger charge is 2.32. The van der Waals surface area contributed by atoms with E-state index in [2.05, 4.69) is 22.1 Å². The SMILES string of the molecule is Cc1ccccc1-n1ncc2c(=O)n3c(nc21)SCC3CC(=O)N1CCN(c2ccccc2)CC1. The first kappa shape index (κ1) is 21.9. The number of benzene rings is 2. The van der Waals surface area contributed by atoms with Gasteiger partial charge in [0.05, 0.1) is 17.9 Å². The molecule has 6 rings (SSSR count). The molecule has 9 heteroatoms. The molecule has 2 aliphatic rings. The van der Waals surface area contributed by atoms with Crippen molar-refractivity contribution in [2.45, 2.75) is 24.5 Å². The number of carbonyl (C=O) groups is 1. The maximum atomic E-state index is 13.4. The molecule has 0 aliphatic carbocycles. The summed E-state index contributed by atoms with van der Waals surface area (Å²) in [6.45, 7) is 5.02. The predicted molar refractivity (Wildman–Crippen MR) is 137 cm³/mol. The van der Waals surface area contributed by atoms with Gasteiger partial charge >= 0.3 is 0 Å². The first-order valence-electron chi connectivity index (χ1n) is 11.9. The van der Waals surface area contributed by atoms with Gasteiger partial charge in [-0.05, 0) is 30.7 Å². The van der Waals surface area contributed by atoms with Gasteiger partial charge in [-0.2, -0.15) is 5.10 Å². The number of thioether (sulfide) groups is 1. The molecule has 178 valence electrons. The molecular formula is C26H26N6O2S. The van der Waals surface area contributed by atoms with Crippen LogP contribution in [-0.4, -0.2) is 62.1 Å². The molecule has 1 unspecified atom stereocenters. The van der Waals surface area contributed by atoms with Crippen molar-refractivity contribution in [3.05, 3.63) is 76.7 Å². The van der Waals surface area contributed by atoms with Crippen molar-refractivity contribution in [2.75, 3.05) is 36.8 Å². The third kappa shape index (κ3) is 3.89. The van der Waals surface area contributed by atoms with Gasteiger partial charge in [-0.15, -0.1) is 0 Å². The van der Waals surface area contributed by atoms with Crippen molar-refractivity contribution in [3.63, 3.8) is 0 Å². The highest BCUT2D eigenvalue weighted by Crippen LogP contribution is 2.34. The number of hydrogen-bond donors (Lipinski definition) is 0. The number of carbonyl (C=O) groups excluding carboxylic acids is 1. The lowest BCUT2D eigenvalue weighted by molar-refractivity contribution is -0.132. The van der Waals surface area contributed by atoms with Crippen LogP contribution in [0.3, 0.4) is 0 Å². The summed E-state index contributed by atoms with van der Waals surface area (Å²) >= 11 is 1.53. The summed E-state index contributed by atoms with van der Waals surface area (Å²) in [5, 5.41) is 5.61. The molecular weight excluding hydrogens is 460 g/mol. The zero-order valence-electron chi connectivity index (χ0n) is 19.5. The Balaban J connectivity index is 1.21. The van der Waals surface area contributed by atoms with Gasteiger partial charge in [0.1, 0.15) is 5.39 Å². The van der Waals surface area contributed by atoms with Crippen LogP contribution in [0, 0.1) is 6.92 Å². The van der Waals surface area contributed by atoms with E-state index in [-0.39, 0.29) is 17.5 Å². The molecule has 35 heavy (non-hydrogen) atoms. The van der Waals surface area contributed by atoms with E-state index in [0.717, 1.165) is 24.3 Å². The number of rotatable bonds is 4. The Bertz CT molecular complexity index is 1460. The second-order valence-corrected chi connectivity index (χ2v) is 10.0. The van der Waals surface area contributed by atoms with Gasteiger partial charge < -0.3 is 9.80 Å². The molecule has 4 aromatic rings. The molecule has 4 heterocycles. The van der Waals surface area contributed by atoms with Gasteiger partial charge in [-0.25, -0.2) is 9.67 Å². The van der Waals surface area contributed by atoms with Crippen molar-refractivity contribution < 1.29 is 4.79 Å². The van der Waals surface area contributed by atoms with Crippen LogP contribution in [0.15, 0.2) is 70.7 Å². The van der Waals surface area contributed by atoms with Crippen molar-refractivity contribution in [1.29, 1.82) is 0 Å². The van der Waals surface area contributed by atoms with Crippen LogP contribution >= 0.6 is 11.8 Å². The highest BCUT2D eigenvalue weighted by molar-refractivity contribution is 7.99. The van der Waals surface area contributed by atoms with E-state index in [1.54, 1.807) is 15.4 Å². The van der Waals surface area contributed by atoms with Crippen LogP contribution < -0.4 is 10.5 Å². The molecule has 2 aromatic heterocycles. The lowest BCUT2D eigenvalue weighted by Gasteiger charge is -2.36. The summed E-state index contributed by atoms with van der Waals surface area (Å²) in [5.74, 6) is 0.765. The molecule has 0 N–H and O–H groups in total. The average molecular weight is 487 g/mol. The van der Waals surface area contributed by atoms with Gasteiger partial charge in [0.2, 0.25) is 5.91 Å². The summed E-state index contributed by atoms with van der Waals surface area (Å²) in [6.07, 6.45) is 1.90. The number of nitrogens with zero attached hydrogens (tertiary/aromatic N) is 6. The number of para-hydroxylation sites is 2. The fourth-order valence-corrected chi connectivity index (χ4v) is 6.07. The molecule has 2 aromatic carbocycles. The normalized spacial score (nSPS) is 17.7. The Hall–Kier alpha value is -3.59. The maximum absolute atomic E-state index is 13.4. The smallest absolute Gasteiger partial charge is 0.265 e. The molecule has 1 atom stereocenters. The van der Waals surface area contributed by atoms with Crippen LogP contribution in [-0.2, 0) is 4.79 Å². The van der Waals surface area contributed by atoms with Crippen LogP contribution in [0.5, 0.6) is 0 Å². The van der Waals surface area contributed by atoms with Gasteiger partial charge in [-0.1, -0.05) is 48.2 Å². The Morgan fingerprint density at radius 1 is 1.03 bits per heavy atom. The number of aromatic nitrogens is 4. The molecule has 8 nitrogen and oxygen atoms in total. The van der Waals surface area contributed by atoms with Crippen molar-refractivity contribution in [3.8, 4) is 5.69 Å². The first-order valence-corrected chi connectivity index (χ1v) is 12.9. The second-order valence-electron chi connectivity index (χ2n) is 9.02. The van der Waals surface area contributed by atoms with E-state index in [4.69, 9.17) is 4.98 Å². The third-order valence-electron chi connectivity index (χ3n) is 6.88. The van der Waals surface area contributed by atoms with Crippen molar-refractivity contribution in [2.24, 2.45) is 0 Å². The Kier molecular flexibility index (Phi) is 5.56. The number of anilines is 1. The molecule has 0 saturated carbocycles. The Labute approximate surface area is 207 Å². The van der Waals surface area contributed by atoms with E-state index < -0.39 is 0 Å². The van der Waals surface area contributed by atoms with Crippen LogP contribution in [0.1, 0.15) is 18.0 Å². The fraction of sp³-hybridized carbons (Fsp3) is 0.308. The molecule has 0 bridgehead atoms. The van der Waals surface area contributed by atoms with E-state index in [0.29, 0.717) is 41.5 Å². The van der Waals surface area contributed by atoms with Gasteiger partial charge in [0.15, 0.2) is 10.8 Å². The van der Waals surface area contributed by atoms with Gasteiger partial charge in [0.25, 0.3) is 5.56 Å². The van der Waals surface area contributed by atoms with Gasteiger partial charge in [0, 0.05) is 44.0 Å². The van der Waals surface area contributed by atoms with Crippen molar-refractivity contribution >= 4 is 34.4 Å². The third-order valence-corrected chi connectivity index (χ3v) is 7.98. The van der Waals surface area contributed by atoms with E-state index in [9.17, 15) is 9.59 Å². The zero-order chi connectivity index (χ0) is 23.9. The summed E-state index contributed by atoms with van der Waals surface area (Å²) < 4.78 is 3.44. The number of piperazine rings is 1. The van der Waals surface area contributed by atoms with Crippen LogP contribution in [0.4, 0.5) is 5.69 Å². The van der Waals surface area contributed by atoms with Crippen LogP contribution in [0.25, 0.3) is 16.7 Å². The monoisotopic (exact) mass is 486 g/mol. The minimum atomic E-state index is -0.194. The van der Waals surface area contributed by atoms with E-state index >= 15 is 0 Å². The zero-order valence-corrected chi connectivity index (χ0v) is 20.3. The first-order chi connectivity index (χ1) is 17.1. The van der Waals surface area contributed by atoms with Crippen molar-refractivity contribution in [1.82, 2.24) is 24.2 Å². The minimum absolute atomic E-state index is 0.0961. The number of fused-ring (bicyclic) bond motifs is 2. The summed E-state index contributed by atoms with van der Waals surface area (Å²) in [4.78, 5) is 35.6. The second kappa shape index (κ2) is 8.88. The fourth-order valence-electron chi connectivity index (χ4n) is 4.94. The lowest BCUT2D eigenvalue weighted by Crippen LogP contribution is -2.49. The largest absolute Gasteiger partial charge is 0.368 e. The van der Waals surface area contributed by atoms with Gasteiger partial charge in [-0.3, -0.25) is 14.2 Å². The molecule has 2 aliphatic heterocycles. The summed E-state index contributed by atoms with van der Waals surface area (Å²) in [5.41, 5.74) is 3.59. The molecule has 0 radical (unpaired) electrons. The minimum Gasteiger partial charge on any atom is -0.368 e. The molecule has 1 amide bonds. The number of hydrogen-bond acceptors (Lipinski definition) is 6. The predicted octanol–water partition coefficient (Wildman–Crippen LogP) is 3.28. The molecule has 1 fully saturated rings. The van der Waals surface area contributed by atoms with Crippen LogP contribution in [0.2, 0.25) is 0 Å². The lowest BCUT2D eigenvalue weighted by atomic mass is 10.1. The average Bonchev–Trinajstić information content (AvgIpc) is 3.50. The maximum Gasteiger partial charge on any atom is 0.265 e. The molecule has 0 spiro atoms. The summed E-state index contributed by atoms with van der Waals surface area (Å²) in [6, 6.07) is 18.0. The standard InChI is InChI=1S/C26H26N6O2S/c1-18-7-5-6-10-22(18)32-24-21(16-27-32)25(34)31-20(17-35-26(31)28-24)15-23(33)30-13-11-29(12-14-30)19-8-3-2-4-9-19/h2-10,16,20H,11-15,17H2,1H3.